The maximum atomic E-state index is 2.43. The fraction of sp³-hybridized carbons (Fsp3) is 0.407. The lowest BCUT2D eigenvalue weighted by atomic mass is 9.74. The normalized spacial score (nSPS) is 12.5. The summed E-state index contributed by atoms with van der Waals surface area (Å²) >= 11 is 0. The number of fused-ring (bicyclic) bond motifs is 1. The van der Waals surface area contributed by atoms with E-state index < -0.39 is 0 Å². The summed E-state index contributed by atoms with van der Waals surface area (Å²) in [6, 6.07) is 22.6. The molecule has 142 valence electrons. The molecule has 0 radical (unpaired) electrons. The fourth-order valence-corrected chi connectivity index (χ4v) is 4.28. The largest absolute Gasteiger partial charge is 0.0654 e. The zero-order valence-electron chi connectivity index (χ0n) is 17.9. The van der Waals surface area contributed by atoms with Crippen LogP contribution in [-0.4, -0.2) is 0 Å². The summed E-state index contributed by atoms with van der Waals surface area (Å²) in [5, 5.41) is 2.77. The SMILES string of the molecule is CCCC(C)(C)c1ccc2c(C(C)(C)CC)c(-c3ccccc3)ccc2c1. The molecular weight excluding hydrogens is 324 g/mol. The molecule has 3 aromatic carbocycles. The predicted octanol–water partition coefficient (Wildman–Crippen LogP) is 8.27. The fourth-order valence-electron chi connectivity index (χ4n) is 4.28. The van der Waals surface area contributed by atoms with E-state index >= 15 is 0 Å². The second-order valence-electron chi connectivity index (χ2n) is 9.16. The highest BCUT2D eigenvalue weighted by molar-refractivity contribution is 5.93. The highest BCUT2D eigenvalue weighted by atomic mass is 14.3. The van der Waals surface area contributed by atoms with Crippen LogP contribution >= 0.6 is 0 Å². The van der Waals surface area contributed by atoms with Crippen molar-refractivity contribution in [3.05, 3.63) is 71.8 Å². The van der Waals surface area contributed by atoms with Crippen molar-refractivity contribution in [1.29, 1.82) is 0 Å². The Balaban J connectivity index is 2.26. The first-order chi connectivity index (χ1) is 12.8. The van der Waals surface area contributed by atoms with E-state index in [0.29, 0.717) is 0 Å². The highest BCUT2D eigenvalue weighted by Gasteiger charge is 2.26. The van der Waals surface area contributed by atoms with E-state index in [-0.39, 0.29) is 10.8 Å². The van der Waals surface area contributed by atoms with E-state index in [9.17, 15) is 0 Å². The molecular formula is C27H34. The summed E-state index contributed by atoms with van der Waals surface area (Å²) in [5.74, 6) is 0. The van der Waals surface area contributed by atoms with Crippen LogP contribution in [0, 0.1) is 0 Å². The van der Waals surface area contributed by atoms with Crippen LogP contribution in [0.15, 0.2) is 60.7 Å². The summed E-state index contributed by atoms with van der Waals surface area (Å²) in [5.41, 5.74) is 5.96. The van der Waals surface area contributed by atoms with E-state index in [4.69, 9.17) is 0 Å². The van der Waals surface area contributed by atoms with Gasteiger partial charge in [-0.05, 0) is 56.7 Å². The van der Waals surface area contributed by atoms with E-state index in [1.165, 1.54) is 45.9 Å². The molecule has 0 nitrogen and oxygen atoms in total. The zero-order valence-corrected chi connectivity index (χ0v) is 17.9. The Morgan fingerprint density at radius 3 is 2.07 bits per heavy atom. The maximum absolute atomic E-state index is 2.43. The average molecular weight is 359 g/mol. The first-order valence-electron chi connectivity index (χ1n) is 10.4. The van der Waals surface area contributed by atoms with E-state index in [0.717, 1.165) is 6.42 Å². The smallest absolute Gasteiger partial charge is 0.00939 e. The molecule has 3 rings (SSSR count). The lowest BCUT2D eigenvalue weighted by Crippen LogP contribution is -2.19. The van der Waals surface area contributed by atoms with Crippen LogP contribution in [0.5, 0.6) is 0 Å². The van der Waals surface area contributed by atoms with Gasteiger partial charge in [-0.15, -0.1) is 0 Å². The van der Waals surface area contributed by atoms with Gasteiger partial charge in [-0.1, -0.05) is 109 Å². The summed E-state index contributed by atoms with van der Waals surface area (Å²) in [4.78, 5) is 0. The topological polar surface area (TPSA) is 0 Å². The predicted molar refractivity (Wildman–Crippen MR) is 121 cm³/mol. The number of hydrogen-bond acceptors (Lipinski definition) is 0. The minimum Gasteiger partial charge on any atom is -0.0654 e. The molecule has 0 spiro atoms. The second kappa shape index (κ2) is 7.50. The van der Waals surface area contributed by atoms with Crippen LogP contribution in [-0.2, 0) is 10.8 Å². The maximum Gasteiger partial charge on any atom is -0.00939 e. The van der Waals surface area contributed by atoms with Gasteiger partial charge in [0.05, 0.1) is 0 Å². The van der Waals surface area contributed by atoms with Crippen molar-refractivity contribution in [1.82, 2.24) is 0 Å². The van der Waals surface area contributed by atoms with Crippen molar-refractivity contribution in [2.75, 3.05) is 0 Å². The first kappa shape index (κ1) is 19.7. The standard InChI is InChI=1S/C27H34/c1-7-18-27(5,6)22-15-17-24-21(19-22)14-16-23(20-12-10-9-11-13-20)25(24)26(3,4)8-2/h9-17,19H,7-8,18H2,1-6H3. The van der Waals surface area contributed by atoms with Gasteiger partial charge in [-0.25, -0.2) is 0 Å². The number of rotatable bonds is 6. The Labute approximate surface area is 165 Å². The van der Waals surface area contributed by atoms with Gasteiger partial charge < -0.3 is 0 Å². The van der Waals surface area contributed by atoms with Gasteiger partial charge in [-0.3, -0.25) is 0 Å². The zero-order chi connectivity index (χ0) is 19.7. The molecule has 0 N–H and O–H groups in total. The monoisotopic (exact) mass is 358 g/mol. The number of hydrogen-bond donors (Lipinski definition) is 0. The summed E-state index contributed by atoms with van der Waals surface area (Å²) in [6.45, 7) is 14.1. The van der Waals surface area contributed by atoms with Crippen LogP contribution in [0.1, 0.15) is 71.9 Å². The van der Waals surface area contributed by atoms with Crippen molar-refractivity contribution in [3.63, 3.8) is 0 Å². The van der Waals surface area contributed by atoms with Crippen LogP contribution < -0.4 is 0 Å². The molecule has 0 aliphatic rings. The lowest BCUT2D eigenvalue weighted by Gasteiger charge is -2.30. The first-order valence-corrected chi connectivity index (χ1v) is 10.4. The van der Waals surface area contributed by atoms with Crippen molar-refractivity contribution in [2.24, 2.45) is 0 Å². The van der Waals surface area contributed by atoms with Crippen molar-refractivity contribution < 1.29 is 0 Å². The Hall–Kier alpha value is -2.08. The summed E-state index contributed by atoms with van der Waals surface area (Å²) < 4.78 is 0. The van der Waals surface area contributed by atoms with Gasteiger partial charge in [0.25, 0.3) is 0 Å². The minimum atomic E-state index is 0.130. The van der Waals surface area contributed by atoms with E-state index in [1.54, 1.807) is 0 Å². The van der Waals surface area contributed by atoms with Gasteiger partial charge in [0.2, 0.25) is 0 Å². The third kappa shape index (κ3) is 3.81. The summed E-state index contributed by atoms with van der Waals surface area (Å²) in [6.07, 6.45) is 3.55. The molecule has 0 atom stereocenters. The molecule has 0 bridgehead atoms. The van der Waals surface area contributed by atoms with Crippen LogP contribution in [0.4, 0.5) is 0 Å². The molecule has 0 saturated heterocycles. The minimum absolute atomic E-state index is 0.130. The Bertz CT molecular complexity index is 913. The molecule has 27 heavy (non-hydrogen) atoms. The van der Waals surface area contributed by atoms with Gasteiger partial charge in [0.15, 0.2) is 0 Å². The Morgan fingerprint density at radius 1 is 0.741 bits per heavy atom. The van der Waals surface area contributed by atoms with Gasteiger partial charge in [-0.2, -0.15) is 0 Å². The van der Waals surface area contributed by atoms with Crippen LogP contribution in [0.3, 0.4) is 0 Å². The molecule has 0 saturated carbocycles. The third-order valence-electron chi connectivity index (χ3n) is 6.32. The molecule has 0 aliphatic heterocycles. The molecule has 0 aromatic heterocycles. The van der Waals surface area contributed by atoms with Crippen molar-refractivity contribution >= 4 is 10.8 Å². The van der Waals surface area contributed by atoms with Gasteiger partial charge in [0, 0.05) is 0 Å². The second-order valence-corrected chi connectivity index (χ2v) is 9.16. The van der Waals surface area contributed by atoms with Crippen LogP contribution in [0.25, 0.3) is 21.9 Å². The van der Waals surface area contributed by atoms with Gasteiger partial charge >= 0.3 is 0 Å². The number of benzene rings is 3. The molecule has 0 aliphatic carbocycles. The van der Waals surface area contributed by atoms with E-state index in [2.05, 4.69) is 102 Å². The lowest BCUT2D eigenvalue weighted by molar-refractivity contribution is 0.473. The third-order valence-corrected chi connectivity index (χ3v) is 6.32. The molecule has 0 unspecified atom stereocenters. The Kier molecular flexibility index (Phi) is 5.47. The van der Waals surface area contributed by atoms with E-state index in [1.807, 2.05) is 0 Å². The molecule has 3 aromatic rings. The average Bonchev–Trinajstić information content (AvgIpc) is 2.67. The van der Waals surface area contributed by atoms with Gasteiger partial charge in [0.1, 0.15) is 0 Å². The molecule has 0 heteroatoms. The molecule has 0 fully saturated rings. The molecule has 0 heterocycles. The highest BCUT2D eigenvalue weighted by Crippen LogP contribution is 2.41. The quantitative estimate of drug-likeness (QED) is 0.416. The van der Waals surface area contributed by atoms with Crippen LogP contribution in [0.2, 0.25) is 0 Å². The Morgan fingerprint density at radius 2 is 1.44 bits per heavy atom. The van der Waals surface area contributed by atoms with Crippen molar-refractivity contribution in [2.45, 2.75) is 71.6 Å². The van der Waals surface area contributed by atoms with Crippen molar-refractivity contribution in [3.8, 4) is 11.1 Å². The summed E-state index contributed by atoms with van der Waals surface area (Å²) in [7, 11) is 0. The molecule has 0 amide bonds.